The van der Waals surface area contributed by atoms with E-state index >= 15 is 0 Å². The molecular formula is C23H24ClN3O2S2. The molecule has 0 bridgehead atoms. The molecule has 0 radical (unpaired) electrons. The number of halogens is 1. The largest absolute Gasteiger partial charge is 0.325 e. The third-order valence-corrected chi connectivity index (χ3v) is 8.53. The maximum Gasteiger partial charge on any atom is 0.263 e. The van der Waals surface area contributed by atoms with Crippen molar-refractivity contribution >= 4 is 56.5 Å². The molecule has 3 aromatic rings. The molecule has 8 heteroatoms. The van der Waals surface area contributed by atoms with E-state index in [0.717, 1.165) is 55.2 Å². The zero-order valence-corrected chi connectivity index (χ0v) is 19.5. The van der Waals surface area contributed by atoms with Gasteiger partial charge in [-0.3, -0.25) is 14.2 Å². The average molecular weight is 474 g/mol. The number of aromatic nitrogens is 2. The molecule has 0 saturated heterocycles. The van der Waals surface area contributed by atoms with Crippen molar-refractivity contribution in [2.24, 2.45) is 0 Å². The minimum absolute atomic E-state index is 0.0944. The highest BCUT2D eigenvalue weighted by molar-refractivity contribution is 7.99. The predicted octanol–water partition coefficient (Wildman–Crippen LogP) is 5.84. The van der Waals surface area contributed by atoms with E-state index < -0.39 is 0 Å². The smallest absolute Gasteiger partial charge is 0.263 e. The monoisotopic (exact) mass is 473 g/mol. The van der Waals surface area contributed by atoms with Gasteiger partial charge in [-0.2, -0.15) is 0 Å². The van der Waals surface area contributed by atoms with Gasteiger partial charge in [0, 0.05) is 21.6 Å². The van der Waals surface area contributed by atoms with Crippen LogP contribution in [-0.4, -0.2) is 21.2 Å². The number of thioether (sulfide) groups is 1. The van der Waals surface area contributed by atoms with Gasteiger partial charge in [-0.1, -0.05) is 36.2 Å². The van der Waals surface area contributed by atoms with Crippen molar-refractivity contribution in [2.45, 2.75) is 62.6 Å². The Morgan fingerprint density at radius 3 is 2.68 bits per heavy atom. The number of anilines is 1. The van der Waals surface area contributed by atoms with Gasteiger partial charge in [0.15, 0.2) is 5.16 Å². The Morgan fingerprint density at radius 2 is 1.90 bits per heavy atom. The highest BCUT2D eigenvalue weighted by atomic mass is 35.5. The van der Waals surface area contributed by atoms with Gasteiger partial charge in [0.25, 0.3) is 5.56 Å². The SMILES string of the molecule is O=C(CSc1nc2sc3c(c2c(=O)n1C1CCCC1)CCCC3)Nc1ccc(Cl)cc1. The fourth-order valence-electron chi connectivity index (χ4n) is 4.65. The van der Waals surface area contributed by atoms with Gasteiger partial charge >= 0.3 is 0 Å². The van der Waals surface area contributed by atoms with Crippen LogP contribution in [0.2, 0.25) is 5.02 Å². The summed E-state index contributed by atoms with van der Waals surface area (Å²) in [5.41, 5.74) is 2.03. The van der Waals surface area contributed by atoms with Crippen molar-refractivity contribution in [1.82, 2.24) is 9.55 Å². The third-order valence-electron chi connectivity index (χ3n) is 6.14. The van der Waals surface area contributed by atoms with Gasteiger partial charge in [-0.05, 0) is 68.4 Å². The minimum atomic E-state index is -0.120. The molecule has 2 aliphatic rings. The van der Waals surface area contributed by atoms with Crippen molar-refractivity contribution in [1.29, 1.82) is 0 Å². The number of hydrogen-bond acceptors (Lipinski definition) is 5. The van der Waals surface area contributed by atoms with Gasteiger partial charge in [0.1, 0.15) is 4.83 Å². The summed E-state index contributed by atoms with van der Waals surface area (Å²) in [6.07, 6.45) is 8.63. The van der Waals surface area contributed by atoms with E-state index in [0.29, 0.717) is 15.9 Å². The molecule has 1 saturated carbocycles. The maximum absolute atomic E-state index is 13.6. The van der Waals surface area contributed by atoms with E-state index in [4.69, 9.17) is 16.6 Å². The van der Waals surface area contributed by atoms with Crippen molar-refractivity contribution < 1.29 is 4.79 Å². The standard InChI is InChI=1S/C23H24ClN3O2S2/c24-14-9-11-15(12-10-14)25-19(28)13-30-23-26-21-20(17-7-3-4-8-18(17)31-21)22(29)27(23)16-5-1-2-6-16/h9-12,16H,1-8,13H2,(H,25,28). The molecule has 5 rings (SSSR count). The summed E-state index contributed by atoms with van der Waals surface area (Å²) in [6.45, 7) is 0. The number of aryl methyl sites for hydroxylation is 2. The Hall–Kier alpha value is -1.83. The van der Waals surface area contributed by atoms with Gasteiger partial charge < -0.3 is 5.32 Å². The van der Waals surface area contributed by atoms with Crippen LogP contribution < -0.4 is 10.9 Å². The Bertz CT molecular complexity index is 1180. The Kier molecular flexibility index (Phi) is 6.08. The van der Waals surface area contributed by atoms with Crippen molar-refractivity contribution in [2.75, 3.05) is 11.1 Å². The van der Waals surface area contributed by atoms with Crippen molar-refractivity contribution in [3.8, 4) is 0 Å². The van der Waals surface area contributed by atoms with Gasteiger partial charge in [0.05, 0.1) is 11.1 Å². The molecular weight excluding hydrogens is 450 g/mol. The number of benzene rings is 1. The van der Waals surface area contributed by atoms with Crippen molar-refractivity contribution in [3.05, 3.63) is 50.1 Å². The van der Waals surface area contributed by atoms with Crippen LogP contribution in [0.25, 0.3) is 10.2 Å². The number of fused-ring (bicyclic) bond motifs is 3. The zero-order valence-electron chi connectivity index (χ0n) is 17.2. The molecule has 0 unspecified atom stereocenters. The number of carbonyl (C=O) groups excluding carboxylic acids is 1. The molecule has 1 aromatic carbocycles. The van der Waals surface area contributed by atoms with E-state index in [1.54, 1.807) is 35.6 Å². The second-order valence-corrected chi connectivity index (χ2v) is 10.7. The lowest BCUT2D eigenvalue weighted by atomic mass is 9.97. The number of amides is 1. The van der Waals surface area contributed by atoms with Crippen LogP contribution in [0.3, 0.4) is 0 Å². The molecule has 1 fully saturated rings. The summed E-state index contributed by atoms with van der Waals surface area (Å²) in [6, 6.07) is 7.23. The fourth-order valence-corrected chi connectivity index (χ4v) is 6.94. The minimum Gasteiger partial charge on any atom is -0.325 e. The first-order valence-corrected chi connectivity index (χ1v) is 13.0. The summed E-state index contributed by atoms with van der Waals surface area (Å²) in [7, 11) is 0. The van der Waals surface area contributed by atoms with Gasteiger partial charge in [0.2, 0.25) is 5.91 Å². The molecule has 31 heavy (non-hydrogen) atoms. The van der Waals surface area contributed by atoms with E-state index in [1.807, 2.05) is 4.57 Å². The first kappa shape index (κ1) is 21.0. The normalized spacial score (nSPS) is 16.5. The summed E-state index contributed by atoms with van der Waals surface area (Å²) < 4.78 is 1.90. The zero-order chi connectivity index (χ0) is 21.4. The molecule has 1 amide bonds. The molecule has 0 aliphatic heterocycles. The van der Waals surface area contributed by atoms with Crippen molar-refractivity contribution in [3.63, 3.8) is 0 Å². The lowest BCUT2D eigenvalue weighted by Crippen LogP contribution is -2.27. The van der Waals surface area contributed by atoms with E-state index in [-0.39, 0.29) is 23.3 Å². The van der Waals surface area contributed by atoms with Crippen LogP contribution in [0.15, 0.2) is 34.2 Å². The summed E-state index contributed by atoms with van der Waals surface area (Å²) in [5.74, 6) is 0.0865. The number of thiophene rings is 1. The second-order valence-electron chi connectivity index (χ2n) is 8.24. The second kappa shape index (κ2) is 8.96. The third kappa shape index (κ3) is 4.28. The highest BCUT2D eigenvalue weighted by Crippen LogP contribution is 2.37. The maximum atomic E-state index is 13.6. The Balaban J connectivity index is 1.45. The molecule has 2 heterocycles. The number of rotatable bonds is 5. The lowest BCUT2D eigenvalue weighted by molar-refractivity contribution is -0.113. The molecule has 5 nitrogen and oxygen atoms in total. The van der Waals surface area contributed by atoms with Gasteiger partial charge in [-0.15, -0.1) is 11.3 Å². The Morgan fingerprint density at radius 1 is 1.16 bits per heavy atom. The first-order chi connectivity index (χ1) is 15.1. The number of carbonyl (C=O) groups is 1. The molecule has 162 valence electrons. The summed E-state index contributed by atoms with van der Waals surface area (Å²) in [4.78, 5) is 33.3. The topological polar surface area (TPSA) is 64.0 Å². The van der Waals surface area contributed by atoms with Gasteiger partial charge in [-0.25, -0.2) is 4.98 Å². The predicted molar refractivity (Wildman–Crippen MR) is 129 cm³/mol. The van der Waals surface area contributed by atoms with Crippen LogP contribution in [0, 0.1) is 0 Å². The van der Waals surface area contributed by atoms with Crippen LogP contribution in [-0.2, 0) is 17.6 Å². The number of nitrogens with one attached hydrogen (secondary N) is 1. The van der Waals surface area contributed by atoms with Crippen LogP contribution >= 0.6 is 34.7 Å². The number of hydrogen-bond donors (Lipinski definition) is 1. The van der Waals surface area contributed by atoms with Crippen LogP contribution in [0.4, 0.5) is 5.69 Å². The highest BCUT2D eigenvalue weighted by Gasteiger charge is 2.27. The summed E-state index contributed by atoms with van der Waals surface area (Å²) in [5, 5.41) is 5.03. The molecule has 2 aliphatic carbocycles. The average Bonchev–Trinajstić information content (AvgIpc) is 3.41. The van der Waals surface area contributed by atoms with E-state index in [9.17, 15) is 9.59 Å². The van der Waals surface area contributed by atoms with Crippen LogP contribution in [0.1, 0.15) is 55.0 Å². The van der Waals surface area contributed by atoms with E-state index in [2.05, 4.69) is 5.32 Å². The van der Waals surface area contributed by atoms with Crippen LogP contribution in [0.5, 0.6) is 0 Å². The Labute approximate surface area is 194 Å². The lowest BCUT2D eigenvalue weighted by Gasteiger charge is -2.18. The molecule has 0 spiro atoms. The molecule has 0 atom stereocenters. The molecule has 1 N–H and O–H groups in total. The summed E-state index contributed by atoms with van der Waals surface area (Å²) >= 11 is 8.94. The molecule has 2 aromatic heterocycles. The fraction of sp³-hybridized carbons (Fsp3) is 0.435. The number of nitrogens with zero attached hydrogens (tertiary/aromatic N) is 2. The van der Waals surface area contributed by atoms with E-state index in [1.165, 1.54) is 28.6 Å². The first-order valence-electron chi connectivity index (χ1n) is 10.8. The quantitative estimate of drug-likeness (QED) is 0.373.